The molecule has 1 aromatic carbocycles. The van der Waals surface area contributed by atoms with Gasteiger partial charge in [0.1, 0.15) is 12.4 Å². The van der Waals surface area contributed by atoms with Crippen molar-refractivity contribution in [2.75, 3.05) is 32.8 Å². The third kappa shape index (κ3) is 3.31. The zero-order valence-corrected chi connectivity index (χ0v) is 13.8. The van der Waals surface area contributed by atoms with Crippen molar-refractivity contribution < 1.29 is 4.74 Å². The van der Waals surface area contributed by atoms with Crippen molar-refractivity contribution in [2.45, 2.75) is 19.4 Å². The molecular weight excluding hydrogens is 307 g/mol. The fourth-order valence-corrected chi connectivity index (χ4v) is 4.26. The zero-order chi connectivity index (χ0) is 14.8. The number of ether oxygens (including phenoxy) is 1. The molecule has 0 bridgehead atoms. The van der Waals surface area contributed by atoms with Crippen molar-refractivity contribution in [1.82, 2.24) is 10.2 Å². The van der Waals surface area contributed by atoms with Crippen molar-refractivity contribution >= 4 is 23.2 Å². The molecule has 5 heteroatoms. The largest absolute Gasteiger partial charge is 0.491 e. The highest BCUT2D eigenvalue weighted by Crippen LogP contribution is 2.34. The smallest absolute Gasteiger partial charge is 0.138 e. The Kier molecular flexibility index (Phi) is 4.95. The topological polar surface area (TPSA) is 24.5 Å². The second kappa shape index (κ2) is 6.74. The first kappa shape index (κ1) is 15.4. The summed E-state index contributed by atoms with van der Waals surface area (Å²) in [5, 5.41) is 4.73. The Morgan fingerprint density at radius 2 is 2.19 bits per heavy atom. The Hall–Kier alpha value is -0.480. The molecule has 21 heavy (non-hydrogen) atoms. The van der Waals surface area contributed by atoms with Gasteiger partial charge in [-0.3, -0.25) is 4.90 Å². The molecule has 3 nitrogen and oxygen atoms in total. The molecule has 1 N–H and O–H groups in total. The maximum absolute atomic E-state index is 6.13. The summed E-state index contributed by atoms with van der Waals surface area (Å²) in [6, 6.07) is 6.06. The molecule has 2 heterocycles. The Morgan fingerprint density at radius 3 is 2.95 bits per heavy atom. The van der Waals surface area contributed by atoms with E-state index in [0.29, 0.717) is 22.7 Å². The molecule has 2 aliphatic rings. The van der Waals surface area contributed by atoms with Gasteiger partial charge in [-0.2, -0.15) is 0 Å². The minimum atomic E-state index is 0.581. The molecule has 2 saturated heterocycles. The van der Waals surface area contributed by atoms with Gasteiger partial charge in [0.05, 0.1) is 5.02 Å². The van der Waals surface area contributed by atoms with Gasteiger partial charge < -0.3 is 10.1 Å². The van der Waals surface area contributed by atoms with Crippen LogP contribution in [0.15, 0.2) is 18.2 Å². The molecule has 3 atom stereocenters. The molecule has 1 aromatic rings. The predicted molar refractivity (Wildman–Crippen MR) is 87.5 cm³/mol. The minimum absolute atomic E-state index is 0.581. The fourth-order valence-electron chi connectivity index (χ4n) is 3.79. The van der Waals surface area contributed by atoms with E-state index in [1.54, 1.807) is 6.07 Å². The van der Waals surface area contributed by atoms with Crippen molar-refractivity contribution in [2.24, 2.45) is 11.8 Å². The first-order valence-electron chi connectivity index (χ1n) is 7.71. The van der Waals surface area contributed by atoms with Gasteiger partial charge in [0.25, 0.3) is 0 Å². The molecule has 0 amide bonds. The molecule has 2 fully saturated rings. The van der Waals surface area contributed by atoms with Crippen LogP contribution in [0.1, 0.15) is 13.3 Å². The molecule has 0 aromatic heterocycles. The third-order valence-electron chi connectivity index (χ3n) is 4.77. The van der Waals surface area contributed by atoms with E-state index in [2.05, 4.69) is 17.1 Å². The van der Waals surface area contributed by atoms with Crippen molar-refractivity contribution in [1.29, 1.82) is 0 Å². The van der Waals surface area contributed by atoms with E-state index in [4.69, 9.17) is 27.9 Å². The van der Waals surface area contributed by atoms with E-state index >= 15 is 0 Å². The Balaban J connectivity index is 1.53. The Morgan fingerprint density at radius 1 is 1.33 bits per heavy atom. The van der Waals surface area contributed by atoms with E-state index < -0.39 is 0 Å². The van der Waals surface area contributed by atoms with Gasteiger partial charge in [0.15, 0.2) is 0 Å². The van der Waals surface area contributed by atoms with E-state index in [1.807, 2.05) is 12.1 Å². The molecule has 2 aliphatic heterocycles. The lowest BCUT2D eigenvalue weighted by Gasteiger charge is -2.26. The van der Waals surface area contributed by atoms with Crippen LogP contribution in [0, 0.1) is 11.8 Å². The lowest BCUT2D eigenvalue weighted by molar-refractivity contribution is 0.176. The summed E-state index contributed by atoms with van der Waals surface area (Å²) < 4.78 is 5.82. The SMILES string of the molecule is CCC1C2CNCC2CN1CCOc1ccc(Cl)cc1Cl. The minimum Gasteiger partial charge on any atom is -0.491 e. The van der Waals surface area contributed by atoms with E-state index in [1.165, 1.54) is 26.1 Å². The number of hydrogen-bond donors (Lipinski definition) is 1. The van der Waals surface area contributed by atoms with Crippen LogP contribution >= 0.6 is 23.2 Å². The Labute approximate surface area is 136 Å². The van der Waals surface area contributed by atoms with Crippen LogP contribution in [0.4, 0.5) is 0 Å². The summed E-state index contributed by atoms with van der Waals surface area (Å²) >= 11 is 12.0. The van der Waals surface area contributed by atoms with Crippen molar-refractivity contribution in [3.8, 4) is 5.75 Å². The molecule has 0 radical (unpaired) electrons. The highest BCUT2D eigenvalue weighted by molar-refractivity contribution is 6.35. The Bertz CT molecular complexity index is 497. The lowest BCUT2D eigenvalue weighted by Crippen LogP contribution is -2.37. The number of likely N-dealkylation sites (tertiary alicyclic amines) is 1. The molecular formula is C16H22Cl2N2O. The summed E-state index contributed by atoms with van der Waals surface area (Å²) in [6.45, 7) is 7.45. The highest BCUT2D eigenvalue weighted by atomic mass is 35.5. The van der Waals surface area contributed by atoms with Crippen LogP contribution in [-0.4, -0.2) is 43.7 Å². The average molecular weight is 329 g/mol. The van der Waals surface area contributed by atoms with Gasteiger partial charge >= 0.3 is 0 Å². The number of fused-ring (bicyclic) bond motifs is 1. The first-order valence-corrected chi connectivity index (χ1v) is 8.47. The van der Waals surface area contributed by atoms with Crippen LogP contribution < -0.4 is 10.1 Å². The maximum Gasteiger partial charge on any atom is 0.138 e. The number of hydrogen-bond acceptors (Lipinski definition) is 3. The van der Waals surface area contributed by atoms with Gasteiger partial charge in [-0.15, -0.1) is 0 Å². The lowest BCUT2D eigenvalue weighted by atomic mass is 9.93. The predicted octanol–water partition coefficient (Wildman–Crippen LogP) is 3.30. The number of benzene rings is 1. The quantitative estimate of drug-likeness (QED) is 0.897. The molecule has 0 saturated carbocycles. The summed E-state index contributed by atoms with van der Waals surface area (Å²) in [4.78, 5) is 2.58. The van der Waals surface area contributed by atoms with E-state index in [-0.39, 0.29) is 0 Å². The summed E-state index contributed by atoms with van der Waals surface area (Å²) in [5.41, 5.74) is 0. The normalized spacial score (nSPS) is 28.8. The van der Waals surface area contributed by atoms with Crippen LogP contribution in [0.25, 0.3) is 0 Å². The van der Waals surface area contributed by atoms with Gasteiger partial charge in [0.2, 0.25) is 0 Å². The second-order valence-corrected chi connectivity index (χ2v) is 6.82. The monoisotopic (exact) mass is 328 g/mol. The highest BCUT2D eigenvalue weighted by Gasteiger charge is 2.42. The van der Waals surface area contributed by atoms with Crippen LogP contribution in [-0.2, 0) is 0 Å². The second-order valence-electron chi connectivity index (χ2n) is 5.98. The number of rotatable bonds is 5. The van der Waals surface area contributed by atoms with Crippen LogP contribution in [0.5, 0.6) is 5.75 Å². The van der Waals surface area contributed by atoms with Gasteiger partial charge in [-0.05, 0) is 49.5 Å². The fraction of sp³-hybridized carbons (Fsp3) is 0.625. The van der Waals surface area contributed by atoms with E-state index in [9.17, 15) is 0 Å². The molecule has 116 valence electrons. The summed E-state index contributed by atoms with van der Waals surface area (Å²) in [6.07, 6.45) is 1.21. The van der Waals surface area contributed by atoms with Gasteiger partial charge in [0, 0.05) is 24.2 Å². The van der Waals surface area contributed by atoms with Crippen LogP contribution in [0.2, 0.25) is 10.0 Å². The molecule has 0 aliphatic carbocycles. The molecule has 3 rings (SSSR count). The van der Waals surface area contributed by atoms with E-state index in [0.717, 1.165) is 24.1 Å². The third-order valence-corrected chi connectivity index (χ3v) is 5.30. The number of halogens is 2. The number of nitrogens with zero attached hydrogens (tertiary/aromatic N) is 1. The van der Waals surface area contributed by atoms with Crippen molar-refractivity contribution in [3.63, 3.8) is 0 Å². The van der Waals surface area contributed by atoms with Gasteiger partial charge in [-0.1, -0.05) is 30.1 Å². The maximum atomic E-state index is 6.13. The number of nitrogens with one attached hydrogen (secondary N) is 1. The zero-order valence-electron chi connectivity index (χ0n) is 12.3. The molecule has 3 unspecified atom stereocenters. The average Bonchev–Trinajstić information content (AvgIpc) is 3.01. The standard InChI is InChI=1S/C16H22Cl2N2O/c1-2-15-13-9-19-8-11(13)10-20(15)5-6-21-16-4-3-12(17)7-14(16)18/h3-4,7,11,13,15,19H,2,5-6,8-10H2,1H3. The summed E-state index contributed by atoms with van der Waals surface area (Å²) in [5.74, 6) is 2.35. The van der Waals surface area contributed by atoms with Gasteiger partial charge in [-0.25, -0.2) is 0 Å². The van der Waals surface area contributed by atoms with Crippen molar-refractivity contribution in [3.05, 3.63) is 28.2 Å². The molecule has 0 spiro atoms. The first-order chi connectivity index (χ1) is 10.2. The summed E-state index contributed by atoms with van der Waals surface area (Å²) in [7, 11) is 0. The van der Waals surface area contributed by atoms with Crippen LogP contribution in [0.3, 0.4) is 0 Å².